The smallest absolute Gasteiger partial charge is 0.255 e. The molecule has 2 atom stereocenters. The summed E-state index contributed by atoms with van der Waals surface area (Å²) in [5, 5.41) is 2.34. The number of likely N-dealkylation sites (tertiary alicyclic amines) is 1. The molecule has 4 heterocycles. The third kappa shape index (κ3) is 7.39. The number of morpholine rings is 1. The second-order valence-corrected chi connectivity index (χ2v) is 12.8. The number of nitrogens with two attached hydrogens (primary N) is 1. The summed E-state index contributed by atoms with van der Waals surface area (Å²) < 4.78 is 5.33. The first-order valence-electron chi connectivity index (χ1n) is 16.5. The molecule has 47 heavy (non-hydrogen) atoms. The Labute approximate surface area is 274 Å². The quantitative estimate of drug-likeness (QED) is 0.348. The Morgan fingerprint density at radius 3 is 2.43 bits per heavy atom. The van der Waals surface area contributed by atoms with Gasteiger partial charge in [-0.2, -0.15) is 0 Å². The van der Waals surface area contributed by atoms with E-state index in [1.54, 1.807) is 28.0 Å². The van der Waals surface area contributed by atoms with Crippen LogP contribution in [0.5, 0.6) is 0 Å². The molecule has 11 nitrogen and oxygen atoms in total. The Morgan fingerprint density at radius 2 is 1.70 bits per heavy atom. The zero-order valence-electron chi connectivity index (χ0n) is 26.5. The number of hydrogen-bond acceptors (Lipinski definition) is 7. The molecule has 246 valence electrons. The van der Waals surface area contributed by atoms with Crippen molar-refractivity contribution in [1.29, 1.82) is 0 Å². The normalized spacial score (nSPS) is 20.7. The monoisotopic (exact) mass is 639 g/mol. The average molecular weight is 640 g/mol. The van der Waals surface area contributed by atoms with E-state index < -0.39 is 18.0 Å². The van der Waals surface area contributed by atoms with Gasteiger partial charge in [-0.15, -0.1) is 0 Å². The molecule has 2 aromatic rings. The van der Waals surface area contributed by atoms with Gasteiger partial charge in [0, 0.05) is 62.3 Å². The van der Waals surface area contributed by atoms with Gasteiger partial charge < -0.3 is 25.2 Å². The van der Waals surface area contributed by atoms with E-state index in [1.165, 1.54) is 0 Å². The SMILES string of the molecule is N[C@@H](Cc1ccc(C(=O)N2CCOCC2)cc1)C(=O)N1CCC(CCC#Cc2cccc3c2CN(C2CCC(=O)NC2=O)C3=O)CC1. The lowest BCUT2D eigenvalue weighted by Gasteiger charge is -2.33. The first kappa shape index (κ1) is 32.4. The maximum atomic E-state index is 13.1. The molecule has 3 fully saturated rings. The number of amides is 5. The number of piperidine rings is 2. The summed E-state index contributed by atoms with van der Waals surface area (Å²) in [5.74, 6) is 6.01. The summed E-state index contributed by atoms with van der Waals surface area (Å²) in [6, 6.07) is 11.6. The standard InChI is InChI=1S/C36H41N5O6/c37-30(22-25-8-10-27(11-9-25)34(44)40-18-20-47-21-19-40)36(46)39-16-14-24(15-17-39)4-1-2-5-26-6-3-7-28-29(26)23-41(35(28)45)31-12-13-32(42)38-33(31)43/h3,6-11,24,30-31H,1,4,12-23,37H2,(H,38,42,43)/t30-,31?/m0/s1. The van der Waals surface area contributed by atoms with Gasteiger partial charge in [0.05, 0.1) is 19.3 Å². The summed E-state index contributed by atoms with van der Waals surface area (Å²) in [5.41, 5.74) is 10.1. The Kier molecular flexibility index (Phi) is 9.99. The van der Waals surface area contributed by atoms with Crippen LogP contribution in [0.1, 0.15) is 75.9 Å². The second kappa shape index (κ2) is 14.5. The van der Waals surface area contributed by atoms with Crippen LogP contribution in [0.2, 0.25) is 0 Å². The van der Waals surface area contributed by atoms with E-state index in [0.717, 1.165) is 36.0 Å². The van der Waals surface area contributed by atoms with Gasteiger partial charge in [-0.05, 0) is 73.4 Å². The predicted molar refractivity (Wildman–Crippen MR) is 173 cm³/mol. The number of rotatable bonds is 7. The minimum atomic E-state index is -0.648. The van der Waals surface area contributed by atoms with E-state index in [0.29, 0.717) is 82.2 Å². The van der Waals surface area contributed by atoms with Gasteiger partial charge >= 0.3 is 0 Å². The van der Waals surface area contributed by atoms with Gasteiger partial charge in [-0.3, -0.25) is 29.3 Å². The minimum absolute atomic E-state index is 0.00693. The van der Waals surface area contributed by atoms with Crippen molar-refractivity contribution in [3.05, 3.63) is 70.3 Å². The zero-order valence-corrected chi connectivity index (χ0v) is 26.5. The minimum Gasteiger partial charge on any atom is -0.378 e. The molecular formula is C36H41N5O6. The van der Waals surface area contributed by atoms with Crippen LogP contribution in [-0.2, 0) is 32.1 Å². The Balaban J connectivity index is 0.948. The average Bonchev–Trinajstić information content (AvgIpc) is 3.43. The van der Waals surface area contributed by atoms with Gasteiger partial charge in [0.2, 0.25) is 17.7 Å². The number of benzene rings is 2. The molecule has 6 rings (SSSR count). The van der Waals surface area contributed by atoms with Crippen LogP contribution in [0.3, 0.4) is 0 Å². The molecule has 11 heteroatoms. The molecule has 0 aromatic heterocycles. The van der Waals surface area contributed by atoms with Crippen molar-refractivity contribution < 1.29 is 28.7 Å². The molecule has 0 radical (unpaired) electrons. The highest BCUT2D eigenvalue weighted by atomic mass is 16.5. The fraction of sp³-hybridized carbons (Fsp3) is 0.472. The molecule has 5 amide bonds. The Bertz CT molecular complexity index is 1600. The van der Waals surface area contributed by atoms with Crippen LogP contribution in [0.25, 0.3) is 0 Å². The van der Waals surface area contributed by atoms with Crippen LogP contribution in [0.15, 0.2) is 42.5 Å². The maximum absolute atomic E-state index is 13.1. The number of imide groups is 1. The summed E-state index contributed by atoms with van der Waals surface area (Å²) in [4.78, 5) is 68.0. The van der Waals surface area contributed by atoms with Crippen molar-refractivity contribution in [2.75, 3.05) is 39.4 Å². The molecule has 4 aliphatic rings. The van der Waals surface area contributed by atoms with E-state index in [2.05, 4.69) is 17.2 Å². The molecule has 0 aliphatic carbocycles. The van der Waals surface area contributed by atoms with Gasteiger partial charge in [-0.25, -0.2) is 0 Å². The number of nitrogens with zero attached hydrogens (tertiary/aromatic N) is 3. The molecule has 1 unspecified atom stereocenters. The van der Waals surface area contributed by atoms with Gasteiger partial charge in [0.25, 0.3) is 11.8 Å². The van der Waals surface area contributed by atoms with Gasteiger partial charge in [0.1, 0.15) is 6.04 Å². The van der Waals surface area contributed by atoms with Crippen LogP contribution in [0, 0.1) is 17.8 Å². The molecule has 0 saturated carbocycles. The van der Waals surface area contributed by atoms with Crippen molar-refractivity contribution in [2.24, 2.45) is 11.7 Å². The summed E-state index contributed by atoms with van der Waals surface area (Å²) in [6.45, 7) is 3.95. The van der Waals surface area contributed by atoms with Crippen molar-refractivity contribution >= 4 is 29.5 Å². The third-order valence-electron chi connectivity index (χ3n) is 9.68. The first-order valence-corrected chi connectivity index (χ1v) is 16.5. The maximum Gasteiger partial charge on any atom is 0.255 e. The molecule has 4 aliphatic heterocycles. The van der Waals surface area contributed by atoms with Gasteiger partial charge in [0.15, 0.2) is 0 Å². The van der Waals surface area contributed by atoms with E-state index in [4.69, 9.17) is 10.5 Å². The predicted octanol–water partition coefficient (Wildman–Crippen LogP) is 1.86. The van der Waals surface area contributed by atoms with Crippen LogP contribution < -0.4 is 11.1 Å². The number of ether oxygens (including phenoxy) is 1. The lowest BCUT2D eigenvalue weighted by molar-refractivity contribution is -0.137. The fourth-order valence-electron chi connectivity index (χ4n) is 6.89. The Morgan fingerprint density at radius 1 is 0.957 bits per heavy atom. The molecule has 3 saturated heterocycles. The number of nitrogens with one attached hydrogen (secondary N) is 1. The molecule has 2 aromatic carbocycles. The van der Waals surface area contributed by atoms with E-state index in [-0.39, 0.29) is 30.0 Å². The highest BCUT2D eigenvalue weighted by Gasteiger charge is 2.39. The first-order chi connectivity index (χ1) is 22.8. The van der Waals surface area contributed by atoms with Crippen LogP contribution in [-0.4, -0.2) is 95.7 Å². The largest absolute Gasteiger partial charge is 0.378 e. The lowest BCUT2D eigenvalue weighted by atomic mass is 9.91. The lowest BCUT2D eigenvalue weighted by Crippen LogP contribution is -2.52. The van der Waals surface area contributed by atoms with Gasteiger partial charge in [-0.1, -0.05) is 30.0 Å². The third-order valence-corrected chi connectivity index (χ3v) is 9.68. The van der Waals surface area contributed by atoms with Crippen molar-refractivity contribution in [3.63, 3.8) is 0 Å². The van der Waals surface area contributed by atoms with Crippen LogP contribution >= 0.6 is 0 Å². The van der Waals surface area contributed by atoms with Crippen molar-refractivity contribution in [2.45, 2.75) is 63.6 Å². The van der Waals surface area contributed by atoms with Crippen LogP contribution in [0.4, 0.5) is 0 Å². The van der Waals surface area contributed by atoms with E-state index in [1.807, 2.05) is 29.2 Å². The number of carbonyl (C=O) groups excluding carboxylic acids is 5. The van der Waals surface area contributed by atoms with Crippen molar-refractivity contribution in [1.82, 2.24) is 20.0 Å². The summed E-state index contributed by atoms with van der Waals surface area (Å²) in [7, 11) is 0. The zero-order chi connectivity index (χ0) is 32.9. The number of fused-ring (bicyclic) bond motifs is 1. The summed E-state index contributed by atoms with van der Waals surface area (Å²) >= 11 is 0. The highest BCUT2D eigenvalue weighted by molar-refractivity contribution is 6.05. The molecular weight excluding hydrogens is 598 g/mol. The topological polar surface area (TPSA) is 142 Å². The fourth-order valence-corrected chi connectivity index (χ4v) is 6.89. The second-order valence-electron chi connectivity index (χ2n) is 12.8. The van der Waals surface area contributed by atoms with Crippen molar-refractivity contribution in [3.8, 4) is 11.8 Å². The Hall–Kier alpha value is -4.53. The van der Waals surface area contributed by atoms with E-state index in [9.17, 15) is 24.0 Å². The number of hydrogen-bond donors (Lipinski definition) is 2. The van der Waals surface area contributed by atoms with E-state index >= 15 is 0 Å². The highest BCUT2D eigenvalue weighted by Crippen LogP contribution is 2.30. The molecule has 0 bridgehead atoms. The molecule has 0 spiro atoms. The summed E-state index contributed by atoms with van der Waals surface area (Å²) in [6.07, 6.45) is 4.39. The molecule has 3 N–H and O–H groups in total. The number of carbonyl (C=O) groups is 5.